The molecule has 1 atom stereocenters. The second-order valence-corrected chi connectivity index (χ2v) is 5.10. The van der Waals surface area contributed by atoms with Gasteiger partial charge in [0, 0.05) is 12.6 Å². The average Bonchev–Trinajstić information content (AvgIpc) is 2.71. The lowest BCUT2D eigenvalue weighted by Gasteiger charge is -2.30. The maximum atomic E-state index is 11.1. The van der Waals surface area contributed by atoms with E-state index in [1.54, 1.807) is 6.92 Å². The Morgan fingerprint density at radius 1 is 1.44 bits per heavy atom. The van der Waals surface area contributed by atoms with Crippen LogP contribution in [-0.4, -0.2) is 35.5 Å². The van der Waals surface area contributed by atoms with Crippen molar-refractivity contribution >= 4 is 5.91 Å². The molecule has 0 spiro atoms. The summed E-state index contributed by atoms with van der Waals surface area (Å²) >= 11 is 0. The first kappa shape index (κ1) is 13.5. The fraction of sp³-hybridized carbons (Fsp3) is 0.917. The predicted molar refractivity (Wildman–Crippen MR) is 65.9 cm³/mol. The molecule has 1 amide bonds. The fourth-order valence-electron chi connectivity index (χ4n) is 2.37. The van der Waals surface area contributed by atoms with Crippen LogP contribution in [0, 0.1) is 0 Å². The van der Waals surface area contributed by atoms with Gasteiger partial charge in [-0.25, -0.2) is 0 Å². The summed E-state index contributed by atoms with van der Waals surface area (Å²) in [7, 11) is 0. The summed E-state index contributed by atoms with van der Waals surface area (Å²) in [6.07, 6.45) is 5.87. The van der Waals surface area contributed by atoms with E-state index < -0.39 is 11.4 Å². The van der Waals surface area contributed by atoms with Crippen molar-refractivity contribution in [2.24, 2.45) is 11.5 Å². The summed E-state index contributed by atoms with van der Waals surface area (Å²) in [4.78, 5) is 13.6. The molecule has 0 radical (unpaired) electrons. The molecule has 4 heteroatoms. The zero-order valence-corrected chi connectivity index (χ0v) is 10.5. The number of hydrogen-bond donors (Lipinski definition) is 2. The molecule has 0 aliphatic heterocycles. The molecule has 0 aromatic carbocycles. The van der Waals surface area contributed by atoms with Crippen LogP contribution in [0.1, 0.15) is 46.0 Å². The van der Waals surface area contributed by atoms with Crippen LogP contribution in [0.2, 0.25) is 0 Å². The molecule has 4 N–H and O–H groups in total. The molecule has 0 aromatic heterocycles. The zero-order chi connectivity index (χ0) is 12.2. The third-order valence-corrected chi connectivity index (χ3v) is 3.73. The summed E-state index contributed by atoms with van der Waals surface area (Å²) in [5.74, 6) is -0.407. The van der Waals surface area contributed by atoms with E-state index in [9.17, 15) is 4.79 Å². The van der Waals surface area contributed by atoms with E-state index in [4.69, 9.17) is 11.5 Å². The Morgan fingerprint density at radius 2 is 2.00 bits per heavy atom. The van der Waals surface area contributed by atoms with Gasteiger partial charge in [0.05, 0.1) is 5.54 Å². The van der Waals surface area contributed by atoms with E-state index in [0.29, 0.717) is 12.5 Å². The lowest BCUT2D eigenvalue weighted by atomic mass is 9.98. The molecule has 1 saturated carbocycles. The molecule has 0 saturated heterocycles. The van der Waals surface area contributed by atoms with Crippen LogP contribution < -0.4 is 11.5 Å². The summed E-state index contributed by atoms with van der Waals surface area (Å²) in [5.41, 5.74) is 10.3. The van der Waals surface area contributed by atoms with Gasteiger partial charge in [-0.1, -0.05) is 19.8 Å². The Kier molecular flexibility index (Phi) is 4.74. The lowest BCUT2D eigenvalue weighted by Crippen LogP contribution is -2.51. The average molecular weight is 227 g/mol. The highest BCUT2D eigenvalue weighted by molar-refractivity contribution is 5.83. The quantitative estimate of drug-likeness (QED) is 0.706. The zero-order valence-electron chi connectivity index (χ0n) is 10.5. The van der Waals surface area contributed by atoms with Gasteiger partial charge in [0.15, 0.2) is 0 Å². The molecule has 1 aliphatic rings. The van der Waals surface area contributed by atoms with Gasteiger partial charge < -0.3 is 16.4 Å². The topological polar surface area (TPSA) is 72.3 Å². The summed E-state index contributed by atoms with van der Waals surface area (Å²) in [5, 5.41) is 0. The van der Waals surface area contributed by atoms with E-state index in [1.807, 2.05) is 0 Å². The first-order valence-electron chi connectivity index (χ1n) is 6.30. The standard InChI is InChI=1S/C12H25N3O/c1-3-15(10-6-4-5-7-10)9-8-12(2,14)11(13)16/h10H,3-9,14H2,1-2H3,(H2,13,16). The van der Waals surface area contributed by atoms with Crippen LogP contribution in [0.5, 0.6) is 0 Å². The Bertz CT molecular complexity index is 234. The Morgan fingerprint density at radius 3 is 2.44 bits per heavy atom. The SMILES string of the molecule is CCN(CCC(C)(N)C(N)=O)C1CCCC1. The van der Waals surface area contributed by atoms with Crippen LogP contribution in [0.4, 0.5) is 0 Å². The summed E-state index contributed by atoms with van der Waals surface area (Å²) in [6.45, 7) is 5.78. The highest BCUT2D eigenvalue weighted by Crippen LogP contribution is 2.24. The van der Waals surface area contributed by atoms with E-state index in [-0.39, 0.29) is 0 Å². The van der Waals surface area contributed by atoms with Gasteiger partial charge in [0.1, 0.15) is 0 Å². The molecule has 0 heterocycles. The van der Waals surface area contributed by atoms with E-state index >= 15 is 0 Å². The van der Waals surface area contributed by atoms with Crippen molar-refractivity contribution in [3.05, 3.63) is 0 Å². The van der Waals surface area contributed by atoms with Crippen molar-refractivity contribution < 1.29 is 4.79 Å². The number of nitrogens with zero attached hydrogens (tertiary/aromatic N) is 1. The van der Waals surface area contributed by atoms with Gasteiger partial charge >= 0.3 is 0 Å². The molecule has 0 aromatic rings. The molecular formula is C12H25N3O. The molecule has 1 aliphatic carbocycles. The predicted octanol–water partition coefficient (Wildman–Crippen LogP) is 0.844. The molecule has 0 bridgehead atoms. The molecule has 1 fully saturated rings. The Hall–Kier alpha value is -0.610. The van der Waals surface area contributed by atoms with Gasteiger partial charge in [0.2, 0.25) is 5.91 Å². The number of carbonyl (C=O) groups excluding carboxylic acids is 1. The monoisotopic (exact) mass is 227 g/mol. The third-order valence-electron chi connectivity index (χ3n) is 3.73. The van der Waals surface area contributed by atoms with E-state index in [2.05, 4.69) is 11.8 Å². The fourth-order valence-corrected chi connectivity index (χ4v) is 2.37. The highest BCUT2D eigenvalue weighted by Gasteiger charge is 2.28. The normalized spacial score (nSPS) is 21.2. The van der Waals surface area contributed by atoms with Gasteiger partial charge in [-0.3, -0.25) is 4.79 Å². The lowest BCUT2D eigenvalue weighted by molar-refractivity contribution is -0.122. The van der Waals surface area contributed by atoms with Crippen LogP contribution in [0.15, 0.2) is 0 Å². The van der Waals surface area contributed by atoms with E-state index in [0.717, 1.165) is 13.1 Å². The van der Waals surface area contributed by atoms with Crippen molar-refractivity contribution in [1.82, 2.24) is 4.90 Å². The van der Waals surface area contributed by atoms with Crippen LogP contribution in [-0.2, 0) is 4.79 Å². The summed E-state index contributed by atoms with van der Waals surface area (Å²) < 4.78 is 0. The highest BCUT2D eigenvalue weighted by atomic mass is 16.1. The van der Waals surface area contributed by atoms with Crippen molar-refractivity contribution in [2.75, 3.05) is 13.1 Å². The van der Waals surface area contributed by atoms with Gasteiger partial charge in [-0.2, -0.15) is 0 Å². The first-order valence-corrected chi connectivity index (χ1v) is 6.30. The molecule has 4 nitrogen and oxygen atoms in total. The molecule has 1 unspecified atom stereocenters. The van der Waals surface area contributed by atoms with Gasteiger partial charge in [-0.05, 0) is 32.7 Å². The smallest absolute Gasteiger partial charge is 0.237 e. The summed E-state index contributed by atoms with van der Waals surface area (Å²) in [6, 6.07) is 0.689. The van der Waals surface area contributed by atoms with Crippen molar-refractivity contribution in [2.45, 2.75) is 57.5 Å². The maximum absolute atomic E-state index is 11.1. The first-order chi connectivity index (χ1) is 7.47. The van der Waals surface area contributed by atoms with Gasteiger partial charge in [0.25, 0.3) is 0 Å². The number of hydrogen-bond acceptors (Lipinski definition) is 3. The van der Waals surface area contributed by atoms with Crippen molar-refractivity contribution in [3.63, 3.8) is 0 Å². The second kappa shape index (κ2) is 5.64. The minimum absolute atomic E-state index is 0.407. The van der Waals surface area contributed by atoms with Crippen molar-refractivity contribution in [3.8, 4) is 0 Å². The van der Waals surface area contributed by atoms with Crippen LogP contribution in [0.25, 0.3) is 0 Å². The minimum atomic E-state index is -0.869. The number of amides is 1. The third kappa shape index (κ3) is 3.46. The maximum Gasteiger partial charge on any atom is 0.237 e. The largest absolute Gasteiger partial charge is 0.368 e. The molecule has 1 rings (SSSR count). The number of primary amides is 1. The Labute approximate surface area is 98.3 Å². The Balaban J connectivity index is 2.41. The number of carbonyl (C=O) groups is 1. The molecule has 16 heavy (non-hydrogen) atoms. The second-order valence-electron chi connectivity index (χ2n) is 5.10. The van der Waals surface area contributed by atoms with E-state index in [1.165, 1.54) is 25.7 Å². The minimum Gasteiger partial charge on any atom is -0.368 e. The van der Waals surface area contributed by atoms with Crippen molar-refractivity contribution in [1.29, 1.82) is 0 Å². The van der Waals surface area contributed by atoms with Gasteiger partial charge in [-0.15, -0.1) is 0 Å². The molecular weight excluding hydrogens is 202 g/mol. The van der Waals surface area contributed by atoms with Crippen LogP contribution in [0.3, 0.4) is 0 Å². The van der Waals surface area contributed by atoms with Crippen LogP contribution >= 0.6 is 0 Å². The number of nitrogens with two attached hydrogens (primary N) is 2. The molecule has 94 valence electrons. The number of rotatable bonds is 6.